The predicted molar refractivity (Wildman–Crippen MR) is 107 cm³/mol. The fraction of sp³-hybridized carbons (Fsp3) is 0.0455. The monoisotopic (exact) mass is 378 g/mol. The molecule has 0 spiro atoms. The molecule has 0 fully saturated rings. The highest BCUT2D eigenvalue weighted by Crippen LogP contribution is 2.23. The molecular formula is C22H16ClFN2O. The largest absolute Gasteiger partial charge is 0.332 e. The van der Waals surface area contributed by atoms with E-state index in [-0.39, 0.29) is 11.7 Å². The van der Waals surface area contributed by atoms with Crippen LogP contribution < -0.4 is 5.32 Å². The maximum absolute atomic E-state index is 13.2. The van der Waals surface area contributed by atoms with Gasteiger partial charge in [0, 0.05) is 28.2 Å². The second-order valence-corrected chi connectivity index (χ2v) is 6.70. The van der Waals surface area contributed by atoms with Gasteiger partial charge >= 0.3 is 0 Å². The number of carbonyl (C=O) groups is 1. The number of hydrogen-bond acceptors (Lipinski definition) is 1. The van der Waals surface area contributed by atoms with Crippen molar-refractivity contribution in [2.24, 2.45) is 0 Å². The molecule has 0 aliphatic heterocycles. The lowest BCUT2D eigenvalue weighted by atomic mass is 10.2. The van der Waals surface area contributed by atoms with Gasteiger partial charge < -0.3 is 9.88 Å². The standard InChI is InChI=1S/C22H16ClFN2O/c23-17-7-11-19(12-8-17)25-22(27)21-13-16-3-1-2-4-20(16)26(21)14-15-5-9-18(24)10-6-15/h1-13H,14H2,(H,25,27). The van der Waals surface area contributed by atoms with Crippen LogP contribution in [0, 0.1) is 5.82 Å². The minimum absolute atomic E-state index is 0.212. The van der Waals surface area contributed by atoms with E-state index in [2.05, 4.69) is 5.32 Å². The average Bonchev–Trinajstić information content (AvgIpc) is 3.04. The van der Waals surface area contributed by atoms with Gasteiger partial charge in [-0.3, -0.25) is 4.79 Å². The molecule has 1 aromatic heterocycles. The molecule has 0 aliphatic carbocycles. The first-order chi connectivity index (χ1) is 13.1. The van der Waals surface area contributed by atoms with Crippen molar-refractivity contribution in [2.45, 2.75) is 6.54 Å². The fourth-order valence-corrected chi connectivity index (χ4v) is 3.20. The van der Waals surface area contributed by atoms with Gasteiger partial charge in [-0.2, -0.15) is 0 Å². The van der Waals surface area contributed by atoms with Crippen LogP contribution in [0.2, 0.25) is 5.02 Å². The summed E-state index contributed by atoms with van der Waals surface area (Å²) >= 11 is 5.90. The van der Waals surface area contributed by atoms with E-state index in [1.165, 1.54) is 12.1 Å². The number of anilines is 1. The number of para-hydroxylation sites is 1. The van der Waals surface area contributed by atoms with E-state index in [9.17, 15) is 9.18 Å². The van der Waals surface area contributed by atoms with Gasteiger partial charge in [0.05, 0.1) is 0 Å². The Morgan fingerprint density at radius 2 is 1.67 bits per heavy atom. The van der Waals surface area contributed by atoms with Crippen LogP contribution in [-0.2, 0) is 6.54 Å². The van der Waals surface area contributed by atoms with Crippen molar-refractivity contribution in [3.8, 4) is 0 Å². The third-order valence-electron chi connectivity index (χ3n) is 4.40. The van der Waals surface area contributed by atoms with Crippen molar-refractivity contribution in [3.05, 3.63) is 101 Å². The molecule has 0 saturated carbocycles. The van der Waals surface area contributed by atoms with Crippen molar-refractivity contribution in [1.82, 2.24) is 4.57 Å². The summed E-state index contributed by atoms with van der Waals surface area (Å²) in [6.07, 6.45) is 0. The van der Waals surface area contributed by atoms with Crippen LogP contribution >= 0.6 is 11.6 Å². The third-order valence-corrected chi connectivity index (χ3v) is 4.65. The van der Waals surface area contributed by atoms with Gasteiger partial charge in [0.2, 0.25) is 0 Å². The van der Waals surface area contributed by atoms with Crippen LogP contribution in [-0.4, -0.2) is 10.5 Å². The first-order valence-corrected chi connectivity index (χ1v) is 8.87. The number of benzene rings is 3. The number of aromatic nitrogens is 1. The summed E-state index contributed by atoms with van der Waals surface area (Å²) in [4.78, 5) is 12.9. The van der Waals surface area contributed by atoms with E-state index in [1.54, 1.807) is 36.4 Å². The highest BCUT2D eigenvalue weighted by atomic mass is 35.5. The summed E-state index contributed by atoms with van der Waals surface area (Å²) in [7, 11) is 0. The van der Waals surface area contributed by atoms with Gasteiger partial charge in [-0.25, -0.2) is 4.39 Å². The molecule has 1 heterocycles. The van der Waals surface area contributed by atoms with Crippen LogP contribution in [0.5, 0.6) is 0 Å². The predicted octanol–water partition coefficient (Wildman–Crippen LogP) is 5.73. The lowest BCUT2D eigenvalue weighted by molar-refractivity contribution is 0.101. The minimum atomic E-state index is -0.281. The van der Waals surface area contributed by atoms with E-state index < -0.39 is 0 Å². The minimum Gasteiger partial charge on any atom is -0.332 e. The Morgan fingerprint density at radius 1 is 0.963 bits per heavy atom. The number of fused-ring (bicyclic) bond motifs is 1. The van der Waals surface area contributed by atoms with Crippen molar-refractivity contribution >= 4 is 34.1 Å². The van der Waals surface area contributed by atoms with Gasteiger partial charge in [0.1, 0.15) is 11.5 Å². The van der Waals surface area contributed by atoms with Gasteiger partial charge in [-0.1, -0.05) is 41.9 Å². The normalized spacial score (nSPS) is 10.9. The first-order valence-electron chi connectivity index (χ1n) is 8.50. The van der Waals surface area contributed by atoms with Crippen molar-refractivity contribution in [1.29, 1.82) is 0 Å². The molecule has 27 heavy (non-hydrogen) atoms. The lowest BCUT2D eigenvalue weighted by Crippen LogP contribution is -2.17. The zero-order valence-electron chi connectivity index (χ0n) is 14.3. The first kappa shape index (κ1) is 17.3. The molecule has 0 atom stereocenters. The number of nitrogens with one attached hydrogen (secondary N) is 1. The Balaban J connectivity index is 1.71. The van der Waals surface area contributed by atoms with E-state index >= 15 is 0 Å². The van der Waals surface area contributed by atoms with Crippen LogP contribution in [0.15, 0.2) is 78.9 Å². The average molecular weight is 379 g/mol. The van der Waals surface area contributed by atoms with E-state index in [4.69, 9.17) is 11.6 Å². The van der Waals surface area contributed by atoms with Crippen LogP contribution in [0.1, 0.15) is 16.1 Å². The number of rotatable bonds is 4. The Bertz CT molecular complexity index is 1100. The number of nitrogens with zero attached hydrogens (tertiary/aromatic N) is 1. The second-order valence-electron chi connectivity index (χ2n) is 6.26. The maximum Gasteiger partial charge on any atom is 0.272 e. The highest BCUT2D eigenvalue weighted by Gasteiger charge is 2.16. The van der Waals surface area contributed by atoms with E-state index in [0.29, 0.717) is 22.9 Å². The quantitative estimate of drug-likeness (QED) is 0.483. The van der Waals surface area contributed by atoms with Gasteiger partial charge in [-0.05, 0) is 54.1 Å². The number of hydrogen-bond donors (Lipinski definition) is 1. The van der Waals surface area contributed by atoms with Crippen molar-refractivity contribution in [2.75, 3.05) is 5.32 Å². The summed E-state index contributed by atoms with van der Waals surface area (Å²) in [6.45, 7) is 0.469. The number of halogens is 2. The lowest BCUT2D eigenvalue weighted by Gasteiger charge is -2.12. The molecule has 1 N–H and O–H groups in total. The SMILES string of the molecule is O=C(Nc1ccc(Cl)cc1)c1cc2ccccc2n1Cc1ccc(F)cc1. The second kappa shape index (κ2) is 7.25. The fourth-order valence-electron chi connectivity index (χ4n) is 3.07. The summed E-state index contributed by atoms with van der Waals surface area (Å²) in [6, 6.07) is 22.9. The molecule has 0 unspecified atom stereocenters. The van der Waals surface area contributed by atoms with Crippen LogP contribution in [0.3, 0.4) is 0 Å². The molecule has 4 aromatic rings. The Morgan fingerprint density at radius 3 is 2.41 bits per heavy atom. The van der Waals surface area contributed by atoms with Gasteiger partial charge in [0.15, 0.2) is 0 Å². The Hall–Kier alpha value is -3.11. The van der Waals surface area contributed by atoms with Crippen molar-refractivity contribution in [3.63, 3.8) is 0 Å². The summed E-state index contributed by atoms with van der Waals surface area (Å²) in [5.41, 5.74) is 3.07. The number of carbonyl (C=O) groups excluding carboxylic acids is 1. The maximum atomic E-state index is 13.2. The Kier molecular flexibility index (Phi) is 4.65. The smallest absolute Gasteiger partial charge is 0.272 e. The molecule has 0 aliphatic rings. The van der Waals surface area contributed by atoms with Crippen LogP contribution in [0.4, 0.5) is 10.1 Å². The van der Waals surface area contributed by atoms with E-state index in [1.807, 2.05) is 34.9 Å². The van der Waals surface area contributed by atoms with E-state index in [0.717, 1.165) is 16.5 Å². The molecule has 134 valence electrons. The molecule has 3 nitrogen and oxygen atoms in total. The third kappa shape index (κ3) is 3.71. The zero-order valence-corrected chi connectivity index (χ0v) is 15.1. The van der Waals surface area contributed by atoms with Gasteiger partial charge in [0.25, 0.3) is 5.91 Å². The molecular weight excluding hydrogens is 363 g/mol. The molecule has 5 heteroatoms. The molecule has 0 saturated heterocycles. The molecule has 4 rings (SSSR count). The van der Waals surface area contributed by atoms with Gasteiger partial charge in [-0.15, -0.1) is 0 Å². The van der Waals surface area contributed by atoms with Crippen molar-refractivity contribution < 1.29 is 9.18 Å². The summed E-state index contributed by atoms with van der Waals surface area (Å²) < 4.78 is 15.2. The summed E-state index contributed by atoms with van der Waals surface area (Å²) in [5, 5.41) is 4.49. The Labute approximate surface area is 161 Å². The number of amides is 1. The topological polar surface area (TPSA) is 34.0 Å². The summed E-state index contributed by atoms with van der Waals surface area (Å²) in [5.74, 6) is -0.493. The van der Waals surface area contributed by atoms with Crippen LogP contribution in [0.25, 0.3) is 10.9 Å². The molecule has 0 bridgehead atoms. The molecule has 0 radical (unpaired) electrons. The molecule has 3 aromatic carbocycles. The zero-order chi connectivity index (χ0) is 18.8. The highest BCUT2D eigenvalue weighted by molar-refractivity contribution is 6.30. The molecule has 1 amide bonds.